The second-order valence-corrected chi connectivity index (χ2v) is 18.2. The number of imide groups is 2. The predicted octanol–water partition coefficient (Wildman–Crippen LogP) is 4.12. The second-order valence-electron chi connectivity index (χ2n) is 18.2. The molecule has 4 aromatic rings. The highest BCUT2D eigenvalue weighted by Gasteiger charge is 2.46. The van der Waals surface area contributed by atoms with Crippen molar-refractivity contribution in [1.29, 1.82) is 0 Å². The van der Waals surface area contributed by atoms with Gasteiger partial charge in [0.15, 0.2) is 5.82 Å². The molecule has 5 aliphatic rings. The van der Waals surface area contributed by atoms with Crippen LogP contribution in [0.4, 0.5) is 30.8 Å². The summed E-state index contributed by atoms with van der Waals surface area (Å²) < 4.78 is 50.1. The fourth-order valence-corrected chi connectivity index (χ4v) is 10.3. The molecule has 9 rings (SSSR count). The first-order valence-corrected chi connectivity index (χ1v) is 24.3. The minimum absolute atomic E-state index is 0.00394. The van der Waals surface area contributed by atoms with Crippen LogP contribution in [-0.2, 0) is 55.0 Å². The fraction of sp³-hybridized carbons (Fsp3) is 0.510. The molecular formula is C49H59F2N11O9. The van der Waals surface area contributed by atoms with E-state index in [-0.39, 0.29) is 60.5 Å². The van der Waals surface area contributed by atoms with E-state index in [9.17, 15) is 37.5 Å². The van der Waals surface area contributed by atoms with Gasteiger partial charge in [-0.1, -0.05) is 6.07 Å². The molecular weight excluding hydrogens is 925 g/mol. The van der Waals surface area contributed by atoms with Crippen LogP contribution in [0.15, 0.2) is 42.7 Å². The number of nitrogens with zero attached hydrogens (tertiary/aromatic N) is 8. The molecule has 22 heteroatoms. The minimum Gasteiger partial charge on any atom is -0.382 e. The van der Waals surface area contributed by atoms with Crippen LogP contribution in [-0.4, -0.2) is 155 Å². The molecule has 71 heavy (non-hydrogen) atoms. The lowest BCUT2D eigenvalue weighted by Crippen LogP contribution is -2.54. The third-order valence-electron chi connectivity index (χ3n) is 13.8. The third kappa shape index (κ3) is 10.4. The smallest absolute Gasteiger partial charge is 0.317 e. The minimum atomic E-state index is -2.70. The number of halogens is 2. The van der Waals surface area contributed by atoms with E-state index in [2.05, 4.69) is 30.6 Å². The Labute approximate surface area is 408 Å². The third-order valence-corrected chi connectivity index (χ3v) is 13.8. The summed E-state index contributed by atoms with van der Waals surface area (Å²) in [5.74, 6) is -1.57. The number of carbonyl (C=O) groups is 6. The normalized spacial score (nSPS) is 18.2. The number of hydrogen-bond acceptors (Lipinski definition) is 13. The summed E-state index contributed by atoms with van der Waals surface area (Å²) in [6.45, 7) is 4.67. The highest BCUT2D eigenvalue weighted by atomic mass is 19.3. The number of aryl methyl sites for hydroxylation is 2. The number of piperidine rings is 2. The number of nitrogens with one attached hydrogen (secondary N) is 3. The van der Waals surface area contributed by atoms with E-state index in [1.165, 1.54) is 6.07 Å². The first kappa shape index (κ1) is 49.2. The molecule has 5 aliphatic heterocycles. The zero-order valence-electron chi connectivity index (χ0n) is 39.9. The molecule has 0 spiro atoms. The van der Waals surface area contributed by atoms with Crippen molar-refractivity contribution < 1.29 is 51.8 Å². The number of alkyl halides is 2. The lowest BCUT2D eigenvalue weighted by Gasteiger charge is -2.34. The molecule has 0 saturated carbocycles. The van der Waals surface area contributed by atoms with Crippen LogP contribution < -0.4 is 20.9 Å². The molecule has 2 aromatic carbocycles. The topological polar surface area (TPSA) is 215 Å². The number of rotatable bonds is 18. The summed E-state index contributed by atoms with van der Waals surface area (Å²) in [4.78, 5) is 83.1. The van der Waals surface area contributed by atoms with E-state index in [4.69, 9.17) is 19.3 Å². The van der Waals surface area contributed by atoms with Crippen molar-refractivity contribution in [1.82, 2.24) is 44.9 Å². The van der Waals surface area contributed by atoms with E-state index in [1.807, 2.05) is 11.0 Å². The molecule has 378 valence electrons. The van der Waals surface area contributed by atoms with E-state index in [0.717, 1.165) is 34.6 Å². The Bertz CT molecular complexity index is 2680. The van der Waals surface area contributed by atoms with Crippen LogP contribution >= 0.6 is 0 Å². The molecule has 0 radical (unpaired) electrons. The van der Waals surface area contributed by atoms with Crippen molar-refractivity contribution in [2.45, 2.75) is 76.4 Å². The molecule has 2 fully saturated rings. The van der Waals surface area contributed by atoms with E-state index in [0.29, 0.717) is 120 Å². The molecule has 0 aliphatic carbocycles. The van der Waals surface area contributed by atoms with Crippen molar-refractivity contribution in [2.24, 2.45) is 7.05 Å². The number of aromatic nitrogens is 4. The van der Waals surface area contributed by atoms with Gasteiger partial charge in [0.05, 0.1) is 76.0 Å². The molecule has 2 aromatic heterocycles. The van der Waals surface area contributed by atoms with Crippen molar-refractivity contribution >= 4 is 52.8 Å². The predicted molar refractivity (Wildman–Crippen MR) is 253 cm³/mol. The van der Waals surface area contributed by atoms with Crippen LogP contribution in [0.1, 0.15) is 94.1 Å². The summed E-state index contributed by atoms with van der Waals surface area (Å²) >= 11 is 0. The van der Waals surface area contributed by atoms with Gasteiger partial charge < -0.3 is 39.5 Å². The number of likely N-dealkylation sites (tertiary alicyclic amines) is 1. The first-order valence-electron chi connectivity index (χ1n) is 24.3. The van der Waals surface area contributed by atoms with Gasteiger partial charge in [0.25, 0.3) is 18.2 Å². The van der Waals surface area contributed by atoms with Gasteiger partial charge in [-0.3, -0.25) is 43.6 Å². The maximum Gasteiger partial charge on any atom is 0.317 e. The van der Waals surface area contributed by atoms with E-state index in [1.54, 1.807) is 54.3 Å². The fourth-order valence-electron chi connectivity index (χ4n) is 10.3. The Morgan fingerprint density at radius 1 is 0.873 bits per heavy atom. The molecule has 20 nitrogen and oxygen atoms in total. The molecule has 2 saturated heterocycles. The quantitative estimate of drug-likeness (QED) is 0.0947. The van der Waals surface area contributed by atoms with Gasteiger partial charge in [0, 0.05) is 99.6 Å². The van der Waals surface area contributed by atoms with Gasteiger partial charge in [0.2, 0.25) is 17.7 Å². The van der Waals surface area contributed by atoms with Gasteiger partial charge in [-0.25, -0.2) is 13.6 Å². The van der Waals surface area contributed by atoms with Crippen molar-refractivity contribution in [3.05, 3.63) is 76.2 Å². The van der Waals surface area contributed by atoms with Crippen molar-refractivity contribution in [2.75, 3.05) is 89.6 Å². The van der Waals surface area contributed by atoms with Crippen LogP contribution in [0.25, 0.3) is 11.1 Å². The van der Waals surface area contributed by atoms with E-state index >= 15 is 0 Å². The Balaban J connectivity index is 0.710. The average Bonchev–Trinajstić information content (AvgIpc) is 4.06. The molecule has 1 atom stereocenters. The standard InChI is InChI=1S/C49H59F2N11O9/c1-52-49(68)59-18-12-38-36(29-59)45(60-15-4-5-30-25-34(31-27-54-57(2)28-31)35(44(50)51)26-40(30)60)56-62(38)32-10-16-58(17-11-32)42(64)13-19-69-21-23-71-24-22-70-20-14-53-37-7-3-6-33-43(37)48(67)61(47(33)66)39-8-9-41(63)55-46(39)65/h3,6-7,25-28,32,39,44,53H,4-5,8-24,29H2,1-2H3,(H,52,68)(H,55,63,65). The SMILES string of the molecule is CNC(=O)N1CCc2c(c(N3CCCc4cc(-c5cnn(C)c5)c(C(F)F)cc43)nn2C2CCN(C(=O)CCOCCOCCOCCNc3cccc4c3C(=O)N(C3CCC(=O)NC3=O)C4=O)CC2)C1. The summed E-state index contributed by atoms with van der Waals surface area (Å²) in [5.41, 5.74) is 5.47. The Morgan fingerprint density at radius 3 is 2.35 bits per heavy atom. The molecule has 0 bridgehead atoms. The maximum atomic E-state index is 14.7. The Hall–Kier alpha value is -6.78. The van der Waals surface area contributed by atoms with Gasteiger partial charge in [-0.05, 0) is 67.5 Å². The zero-order valence-corrected chi connectivity index (χ0v) is 39.9. The highest BCUT2D eigenvalue weighted by molar-refractivity contribution is 6.25. The number of amides is 7. The number of urea groups is 1. The van der Waals surface area contributed by atoms with Gasteiger partial charge in [-0.2, -0.15) is 10.2 Å². The molecule has 1 unspecified atom stereocenters. The summed E-state index contributed by atoms with van der Waals surface area (Å²) in [7, 11) is 3.36. The number of fused-ring (bicyclic) bond motifs is 3. The monoisotopic (exact) mass is 983 g/mol. The van der Waals surface area contributed by atoms with Crippen molar-refractivity contribution in [3.63, 3.8) is 0 Å². The maximum absolute atomic E-state index is 14.7. The first-order chi connectivity index (χ1) is 34.4. The van der Waals surface area contributed by atoms with Gasteiger partial charge >= 0.3 is 6.03 Å². The average molecular weight is 984 g/mol. The summed E-state index contributed by atoms with van der Waals surface area (Å²) in [6.07, 6.45) is 4.49. The zero-order chi connectivity index (χ0) is 49.8. The van der Waals surface area contributed by atoms with Gasteiger partial charge in [-0.15, -0.1) is 0 Å². The largest absolute Gasteiger partial charge is 0.382 e. The summed E-state index contributed by atoms with van der Waals surface area (Å²) in [5, 5.41) is 17.5. The van der Waals surface area contributed by atoms with Crippen LogP contribution in [0.5, 0.6) is 0 Å². The van der Waals surface area contributed by atoms with Crippen LogP contribution in [0, 0.1) is 0 Å². The molecule has 7 heterocycles. The number of anilines is 3. The van der Waals surface area contributed by atoms with Gasteiger partial charge in [0.1, 0.15) is 6.04 Å². The molecule has 7 amide bonds. The lowest BCUT2D eigenvalue weighted by atomic mass is 9.92. The lowest BCUT2D eigenvalue weighted by molar-refractivity contribution is -0.136. The Kier molecular flexibility index (Phi) is 15.0. The number of benzene rings is 2. The number of carbonyl (C=O) groups excluding carboxylic acids is 6. The number of hydrogen-bond donors (Lipinski definition) is 3. The highest BCUT2D eigenvalue weighted by Crippen LogP contribution is 2.44. The number of ether oxygens (including phenoxy) is 3. The second kappa shape index (κ2) is 21.7. The van der Waals surface area contributed by atoms with Crippen LogP contribution in [0.2, 0.25) is 0 Å². The molecule has 3 N–H and O–H groups in total. The van der Waals surface area contributed by atoms with E-state index < -0.39 is 36.1 Å². The summed E-state index contributed by atoms with van der Waals surface area (Å²) in [6, 6.07) is 7.12. The Morgan fingerprint density at radius 2 is 1.63 bits per heavy atom. The van der Waals surface area contributed by atoms with Crippen LogP contribution in [0.3, 0.4) is 0 Å². The van der Waals surface area contributed by atoms with Crippen molar-refractivity contribution in [3.8, 4) is 11.1 Å².